The molecule has 1 saturated heterocycles. The van der Waals surface area contributed by atoms with E-state index in [1.54, 1.807) is 0 Å². The van der Waals surface area contributed by atoms with E-state index >= 15 is 0 Å². The van der Waals surface area contributed by atoms with Crippen molar-refractivity contribution in [3.05, 3.63) is 0 Å². The Hall–Kier alpha value is -3.26. The summed E-state index contributed by atoms with van der Waals surface area (Å²) in [6.45, 7) is 1.28. The van der Waals surface area contributed by atoms with Gasteiger partial charge in [0, 0.05) is 6.54 Å². The number of aliphatic carboxylic acids is 1. The second-order valence-electron chi connectivity index (χ2n) is 7.26. The van der Waals surface area contributed by atoms with E-state index in [9.17, 15) is 33.9 Å². The number of amides is 5. The molecule has 0 aromatic rings. The Morgan fingerprint density at radius 3 is 2.13 bits per heavy atom. The first kappa shape index (κ1) is 25.8. The van der Waals surface area contributed by atoms with Crippen LogP contribution in [-0.4, -0.2) is 87.4 Å². The van der Waals surface area contributed by atoms with Crippen molar-refractivity contribution in [3.63, 3.8) is 0 Å². The fourth-order valence-electron chi connectivity index (χ4n) is 3.13. The Balaban J connectivity index is 2.97. The molecule has 1 heterocycles. The maximum absolute atomic E-state index is 13.0. The van der Waals surface area contributed by atoms with E-state index in [1.165, 1.54) is 6.92 Å². The molecule has 174 valence electrons. The number of likely N-dealkylation sites (tertiary alicyclic amines) is 1. The van der Waals surface area contributed by atoms with Crippen LogP contribution in [0.5, 0.6) is 0 Å². The highest BCUT2D eigenvalue weighted by atomic mass is 16.4. The van der Waals surface area contributed by atoms with E-state index in [0.29, 0.717) is 6.42 Å². The molecule has 10 N–H and O–H groups in total. The number of aliphatic hydroxyl groups is 1. The molecule has 31 heavy (non-hydrogen) atoms. The van der Waals surface area contributed by atoms with Gasteiger partial charge in [-0.2, -0.15) is 0 Å². The molecule has 14 nitrogen and oxygen atoms in total. The molecule has 1 aliphatic rings. The quantitative estimate of drug-likeness (QED) is 0.162. The van der Waals surface area contributed by atoms with Crippen molar-refractivity contribution in [2.45, 2.75) is 62.9 Å². The number of hydrogen-bond acceptors (Lipinski definition) is 8. The normalized spacial score (nSPS) is 19.6. The molecule has 1 aliphatic heterocycles. The lowest BCUT2D eigenvalue weighted by atomic mass is 10.1. The van der Waals surface area contributed by atoms with Crippen LogP contribution in [0.1, 0.15) is 32.6 Å². The summed E-state index contributed by atoms with van der Waals surface area (Å²) in [6.07, 6.45) is -1.88. The lowest BCUT2D eigenvalue weighted by Gasteiger charge is -2.29. The van der Waals surface area contributed by atoms with E-state index in [-0.39, 0.29) is 13.0 Å². The van der Waals surface area contributed by atoms with Crippen molar-refractivity contribution in [1.82, 2.24) is 15.5 Å². The zero-order chi connectivity index (χ0) is 23.9. The number of hydrogen-bond donors (Lipinski definition) is 7. The van der Waals surface area contributed by atoms with Gasteiger partial charge in [-0.05, 0) is 19.8 Å². The highest BCUT2D eigenvalue weighted by Gasteiger charge is 2.40. The van der Waals surface area contributed by atoms with Crippen LogP contribution in [0.4, 0.5) is 0 Å². The summed E-state index contributed by atoms with van der Waals surface area (Å²) < 4.78 is 0. The summed E-state index contributed by atoms with van der Waals surface area (Å²) >= 11 is 0. The molecule has 0 spiro atoms. The van der Waals surface area contributed by atoms with Crippen molar-refractivity contribution in [2.24, 2.45) is 17.2 Å². The maximum atomic E-state index is 13.0. The number of carbonyl (C=O) groups excluding carboxylic acids is 5. The summed E-state index contributed by atoms with van der Waals surface area (Å²) in [5.74, 6) is -5.75. The van der Waals surface area contributed by atoms with E-state index in [1.807, 2.05) is 0 Å². The molecule has 1 fully saturated rings. The molecule has 0 aliphatic carbocycles. The topological polar surface area (TPSA) is 248 Å². The Bertz CT molecular complexity index is 742. The number of rotatable bonds is 11. The van der Waals surface area contributed by atoms with Crippen LogP contribution in [0.25, 0.3) is 0 Å². The zero-order valence-electron chi connectivity index (χ0n) is 16.9. The van der Waals surface area contributed by atoms with E-state index in [0.717, 1.165) is 4.90 Å². The Labute approximate surface area is 177 Å². The summed E-state index contributed by atoms with van der Waals surface area (Å²) in [5, 5.41) is 23.1. The summed E-state index contributed by atoms with van der Waals surface area (Å²) in [7, 11) is 0. The molecule has 0 radical (unpaired) electrons. The predicted molar refractivity (Wildman–Crippen MR) is 104 cm³/mol. The molecular weight excluding hydrogens is 416 g/mol. The van der Waals surface area contributed by atoms with Crippen LogP contribution in [0.2, 0.25) is 0 Å². The van der Waals surface area contributed by atoms with Crippen molar-refractivity contribution in [2.75, 3.05) is 6.54 Å². The number of carbonyl (C=O) groups is 6. The van der Waals surface area contributed by atoms with Gasteiger partial charge < -0.3 is 42.9 Å². The molecule has 14 heteroatoms. The maximum Gasteiger partial charge on any atom is 0.328 e. The van der Waals surface area contributed by atoms with Crippen molar-refractivity contribution in [3.8, 4) is 0 Å². The average Bonchev–Trinajstić information content (AvgIpc) is 3.13. The molecule has 5 amide bonds. The summed E-state index contributed by atoms with van der Waals surface area (Å²) in [4.78, 5) is 72.3. The third-order valence-electron chi connectivity index (χ3n) is 4.66. The molecule has 0 saturated carbocycles. The standard InChI is InChI=1S/C17H28N6O8/c1-7(24)13(17(30)31)22-15(28)10-3-2-4-23(10)16(29)9(6-12(20)26)21-14(27)8(18)5-11(19)25/h7-10,13,24H,2-6,18H2,1H3,(H2,19,25)(H2,20,26)(H,21,27)(H,22,28)(H,30,31). The van der Waals surface area contributed by atoms with Gasteiger partial charge in [-0.3, -0.25) is 24.0 Å². The SMILES string of the molecule is CC(O)C(NC(=O)C1CCCN1C(=O)C(CC(N)=O)NC(=O)C(N)CC(N)=O)C(=O)O. The minimum Gasteiger partial charge on any atom is -0.480 e. The Kier molecular flexibility index (Phi) is 9.33. The predicted octanol–water partition coefficient (Wildman–Crippen LogP) is -4.51. The Morgan fingerprint density at radius 1 is 1.06 bits per heavy atom. The van der Waals surface area contributed by atoms with Gasteiger partial charge in [0.25, 0.3) is 0 Å². The highest BCUT2D eigenvalue weighted by Crippen LogP contribution is 2.20. The second-order valence-corrected chi connectivity index (χ2v) is 7.26. The lowest BCUT2D eigenvalue weighted by Crippen LogP contribution is -2.58. The van der Waals surface area contributed by atoms with Crippen LogP contribution in [0.3, 0.4) is 0 Å². The van der Waals surface area contributed by atoms with E-state index in [2.05, 4.69) is 10.6 Å². The molecule has 1 rings (SSSR count). The molecule has 0 bridgehead atoms. The molecule has 0 aromatic carbocycles. The minimum atomic E-state index is -1.59. The van der Waals surface area contributed by atoms with Gasteiger partial charge in [0.15, 0.2) is 6.04 Å². The molecule has 5 unspecified atom stereocenters. The monoisotopic (exact) mass is 444 g/mol. The van der Waals surface area contributed by atoms with Gasteiger partial charge in [-0.15, -0.1) is 0 Å². The minimum absolute atomic E-state index is 0.0990. The first-order chi connectivity index (χ1) is 14.3. The van der Waals surface area contributed by atoms with Gasteiger partial charge in [-0.25, -0.2) is 4.79 Å². The summed E-state index contributed by atoms with van der Waals surface area (Å²) in [6, 6.07) is -5.48. The number of aliphatic hydroxyl groups excluding tert-OH is 1. The first-order valence-corrected chi connectivity index (χ1v) is 9.49. The van der Waals surface area contributed by atoms with Gasteiger partial charge >= 0.3 is 5.97 Å². The van der Waals surface area contributed by atoms with Crippen LogP contribution in [-0.2, 0) is 28.8 Å². The average molecular weight is 444 g/mol. The smallest absolute Gasteiger partial charge is 0.328 e. The van der Waals surface area contributed by atoms with Crippen molar-refractivity contribution >= 4 is 35.5 Å². The van der Waals surface area contributed by atoms with Crippen molar-refractivity contribution < 1.29 is 39.0 Å². The lowest BCUT2D eigenvalue weighted by molar-refractivity contribution is -0.147. The number of carboxylic acid groups (broad SMARTS) is 1. The third-order valence-corrected chi connectivity index (χ3v) is 4.66. The number of carboxylic acids is 1. The molecule has 0 aromatic heterocycles. The largest absolute Gasteiger partial charge is 0.480 e. The zero-order valence-corrected chi connectivity index (χ0v) is 16.9. The number of primary amides is 2. The van der Waals surface area contributed by atoms with Crippen LogP contribution >= 0.6 is 0 Å². The van der Waals surface area contributed by atoms with E-state index < -0.39 is 78.6 Å². The first-order valence-electron chi connectivity index (χ1n) is 9.49. The van der Waals surface area contributed by atoms with Crippen LogP contribution < -0.4 is 27.8 Å². The third kappa shape index (κ3) is 7.49. The second kappa shape index (κ2) is 11.2. The van der Waals surface area contributed by atoms with Crippen LogP contribution in [0.15, 0.2) is 0 Å². The molecule has 5 atom stereocenters. The van der Waals surface area contributed by atoms with Gasteiger partial charge in [-0.1, -0.05) is 0 Å². The van der Waals surface area contributed by atoms with Crippen molar-refractivity contribution in [1.29, 1.82) is 0 Å². The number of nitrogens with one attached hydrogen (secondary N) is 2. The van der Waals surface area contributed by atoms with Gasteiger partial charge in [0.1, 0.15) is 12.1 Å². The number of nitrogens with two attached hydrogens (primary N) is 3. The number of nitrogens with zero attached hydrogens (tertiary/aromatic N) is 1. The van der Waals surface area contributed by atoms with Crippen LogP contribution in [0, 0.1) is 0 Å². The fraction of sp³-hybridized carbons (Fsp3) is 0.647. The Morgan fingerprint density at radius 2 is 1.65 bits per heavy atom. The highest BCUT2D eigenvalue weighted by molar-refractivity contribution is 5.97. The van der Waals surface area contributed by atoms with Gasteiger partial charge in [0.2, 0.25) is 29.5 Å². The summed E-state index contributed by atoms with van der Waals surface area (Å²) in [5.41, 5.74) is 15.7. The molecular formula is C17H28N6O8. The van der Waals surface area contributed by atoms with Gasteiger partial charge in [0.05, 0.1) is 25.0 Å². The van der Waals surface area contributed by atoms with E-state index in [4.69, 9.17) is 22.3 Å². The fourth-order valence-corrected chi connectivity index (χ4v) is 3.13.